The lowest BCUT2D eigenvalue weighted by Crippen LogP contribution is -2.39. The van der Waals surface area contributed by atoms with E-state index >= 15 is 0 Å². The number of amides is 2. The number of hydrogen-bond donors (Lipinski definition) is 1. The molecule has 0 radical (unpaired) electrons. The standard InChI is InChI=1S/C20H24N2O/c1-14-13-15-7-5-6-8-18(15)22(14)19(23)21-17-11-9-16(10-12-17)20(2,3)4/h5-12,14H,13H2,1-4H3,(H,21,23). The van der Waals surface area contributed by atoms with Gasteiger partial charge in [0.15, 0.2) is 0 Å². The number of fused-ring (bicyclic) bond motifs is 1. The van der Waals surface area contributed by atoms with Crippen LogP contribution in [0.1, 0.15) is 38.8 Å². The monoisotopic (exact) mass is 308 g/mol. The van der Waals surface area contributed by atoms with Gasteiger partial charge in [-0.25, -0.2) is 4.79 Å². The van der Waals surface area contributed by atoms with E-state index in [0.717, 1.165) is 17.8 Å². The normalized spacial score (nSPS) is 17.0. The molecule has 3 nitrogen and oxygen atoms in total. The molecule has 1 atom stereocenters. The molecule has 2 amide bonds. The van der Waals surface area contributed by atoms with Crippen LogP contribution in [0.25, 0.3) is 0 Å². The van der Waals surface area contributed by atoms with E-state index in [1.165, 1.54) is 11.1 Å². The van der Waals surface area contributed by atoms with Gasteiger partial charge in [-0.15, -0.1) is 0 Å². The van der Waals surface area contributed by atoms with Crippen LogP contribution in [0.2, 0.25) is 0 Å². The molecule has 1 aliphatic rings. The number of hydrogen-bond acceptors (Lipinski definition) is 1. The predicted molar refractivity (Wildman–Crippen MR) is 96.2 cm³/mol. The summed E-state index contributed by atoms with van der Waals surface area (Å²) in [6.07, 6.45) is 0.909. The molecule has 3 rings (SSSR count). The van der Waals surface area contributed by atoms with Gasteiger partial charge < -0.3 is 5.32 Å². The van der Waals surface area contributed by atoms with Crippen molar-refractivity contribution in [2.75, 3.05) is 10.2 Å². The van der Waals surface area contributed by atoms with Crippen molar-refractivity contribution in [2.24, 2.45) is 0 Å². The van der Waals surface area contributed by atoms with Gasteiger partial charge >= 0.3 is 6.03 Å². The average molecular weight is 308 g/mol. The first-order valence-corrected chi connectivity index (χ1v) is 8.15. The Balaban J connectivity index is 1.77. The second kappa shape index (κ2) is 5.73. The topological polar surface area (TPSA) is 32.3 Å². The van der Waals surface area contributed by atoms with E-state index in [2.05, 4.69) is 51.2 Å². The highest BCUT2D eigenvalue weighted by Gasteiger charge is 2.30. The van der Waals surface area contributed by atoms with Gasteiger partial charge in [-0.05, 0) is 48.1 Å². The van der Waals surface area contributed by atoms with Crippen LogP contribution in [0.3, 0.4) is 0 Å². The van der Waals surface area contributed by atoms with Crippen molar-refractivity contribution >= 4 is 17.4 Å². The summed E-state index contributed by atoms with van der Waals surface area (Å²) in [5.41, 5.74) is 4.46. The second-order valence-corrected chi connectivity index (χ2v) is 7.31. The van der Waals surface area contributed by atoms with Gasteiger partial charge in [-0.1, -0.05) is 51.1 Å². The number of rotatable bonds is 1. The van der Waals surface area contributed by atoms with Crippen LogP contribution in [0.15, 0.2) is 48.5 Å². The van der Waals surface area contributed by atoms with E-state index in [1.54, 1.807) is 0 Å². The number of nitrogens with zero attached hydrogens (tertiary/aromatic N) is 1. The lowest BCUT2D eigenvalue weighted by molar-refractivity contribution is 0.256. The molecule has 0 fully saturated rings. The van der Waals surface area contributed by atoms with Gasteiger partial charge in [0, 0.05) is 17.4 Å². The smallest absolute Gasteiger partial charge is 0.308 e. The molecule has 0 aromatic heterocycles. The highest BCUT2D eigenvalue weighted by atomic mass is 16.2. The summed E-state index contributed by atoms with van der Waals surface area (Å²) >= 11 is 0. The van der Waals surface area contributed by atoms with E-state index in [9.17, 15) is 4.79 Å². The van der Waals surface area contributed by atoms with Crippen molar-refractivity contribution < 1.29 is 4.79 Å². The average Bonchev–Trinajstić information content (AvgIpc) is 2.82. The second-order valence-electron chi connectivity index (χ2n) is 7.31. The van der Waals surface area contributed by atoms with Gasteiger partial charge in [0.25, 0.3) is 0 Å². The molecular formula is C20H24N2O. The molecule has 0 bridgehead atoms. The molecule has 2 aromatic rings. The third kappa shape index (κ3) is 3.09. The Morgan fingerprint density at radius 2 is 1.74 bits per heavy atom. The third-order valence-electron chi connectivity index (χ3n) is 4.43. The minimum absolute atomic E-state index is 0.0639. The van der Waals surface area contributed by atoms with Crippen LogP contribution in [-0.2, 0) is 11.8 Å². The molecule has 1 N–H and O–H groups in total. The Morgan fingerprint density at radius 1 is 1.09 bits per heavy atom. The maximum Gasteiger partial charge on any atom is 0.326 e. The third-order valence-corrected chi connectivity index (χ3v) is 4.43. The van der Waals surface area contributed by atoms with Crippen LogP contribution in [-0.4, -0.2) is 12.1 Å². The van der Waals surface area contributed by atoms with Gasteiger partial charge in [0.2, 0.25) is 0 Å². The summed E-state index contributed by atoms with van der Waals surface area (Å²) in [5, 5.41) is 3.02. The van der Waals surface area contributed by atoms with Crippen molar-refractivity contribution in [3.05, 3.63) is 59.7 Å². The number of para-hydroxylation sites is 1. The molecule has 0 saturated heterocycles. The zero-order valence-electron chi connectivity index (χ0n) is 14.3. The quantitative estimate of drug-likeness (QED) is 0.793. The van der Waals surface area contributed by atoms with Gasteiger partial charge in [-0.3, -0.25) is 4.90 Å². The summed E-state index contributed by atoms with van der Waals surface area (Å²) in [4.78, 5) is 14.5. The lowest BCUT2D eigenvalue weighted by atomic mass is 9.87. The van der Waals surface area contributed by atoms with Crippen molar-refractivity contribution in [1.29, 1.82) is 0 Å². The molecule has 2 aromatic carbocycles. The van der Waals surface area contributed by atoms with Crippen LogP contribution >= 0.6 is 0 Å². The van der Waals surface area contributed by atoms with Crippen LogP contribution in [0.5, 0.6) is 0 Å². The number of benzene rings is 2. The van der Waals surface area contributed by atoms with Crippen molar-refractivity contribution in [3.63, 3.8) is 0 Å². The maximum absolute atomic E-state index is 12.7. The minimum Gasteiger partial charge on any atom is -0.308 e. The van der Waals surface area contributed by atoms with E-state index < -0.39 is 0 Å². The molecule has 1 aliphatic heterocycles. The molecular weight excluding hydrogens is 284 g/mol. The number of carbonyl (C=O) groups excluding carboxylic acids is 1. The van der Waals surface area contributed by atoms with Crippen molar-refractivity contribution in [3.8, 4) is 0 Å². The summed E-state index contributed by atoms with van der Waals surface area (Å²) in [6, 6.07) is 16.3. The first kappa shape index (κ1) is 15.6. The molecule has 0 aliphatic carbocycles. The Hall–Kier alpha value is -2.29. The van der Waals surface area contributed by atoms with Gasteiger partial charge in [0.1, 0.15) is 0 Å². The van der Waals surface area contributed by atoms with Crippen LogP contribution < -0.4 is 10.2 Å². The molecule has 120 valence electrons. The number of nitrogens with one attached hydrogen (secondary N) is 1. The fraction of sp³-hybridized carbons (Fsp3) is 0.350. The summed E-state index contributed by atoms with van der Waals surface area (Å²) < 4.78 is 0. The Bertz CT molecular complexity index is 713. The molecule has 3 heteroatoms. The summed E-state index contributed by atoms with van der Waals surface area (Å²) in [6.45, 7) is 8.64. The maximum atomic E-state index is 12.7. The zero-order chi connectivity index (χ0) is 16.6. The fourth-order valence-electron chi connectivity index (χ4n) is 3.11. The van der Waals surface area contributed by atoms with Crippen molar-refractivity contribution in [1.82, 2.24) is 0 Å². The number of carbonyl (C=O) groups is 1. The molecule has 1 unspecified atom stereocenters. The molecule has 23 heavy (non-hydrogen) atoms. The summed E-state index contributed by atoms with van der Waals surface area (Å²) in [5.74, 6) is 0. The Kier molecular flexibility index (Phi) is 3.88. The SMILES string of the molecule is CC1Cc2ccccc2N1C(=O)Nc1ccc(C(C)(C)C)cc1. The summed E-state index contributed by atoms with van der Waals surface area (Å²) in [7, 11) is 0. The van der Waals surface area contributed by atoms with Crippen molar-refractivity contribution in [2.45, 2.75) is 45.6 Å². The predicted octanol–water partition coefficient (Wildman–Crippen LogP) is 4.97. The fourth-order valence-corrected chi connectivity index (χ4v) is 3.11. The minimum atomic E-state index is -0.0639. The molecule has 0 saturated carbocycles. The molecule has 0 spiro atoms. The van der Waals surface area contributed by atoms with Gasteiger partial charge in [-0.2, -0.15) is 0 Å². The van der Waals surface area contributed by atoms with E-state index in [1.807, 2.05) is 35.2 Å². The van der Waals surface area contributed by atoms with Gasteiger partial charge in [0.05, 0.1) is 0 Å². The first-order chi connectivity index (χ1) is 10.9. The Morgan fingerprint density at radius 3 is 2.39 bits per heavy atom. The molecule has 1 heterocycles. The zero-order valence-corrected chi connectivity index (χ0v) is 14.3. The Labute approximate surface area is 138 Å². The largest absolute Gasteiger partial charge is 0.326 e. The van der Waals surface area contributed by atoms with Crippen LogP contribution in [0.4, 0.5) is 16.2 Å². The van der Waals surface area contributed by atoms with E-state index in [0.29, 0.717) is 0 Å². The van der Waals surface area contributed by atoms with Crippen LogP contribution in [0, 0.1) is 0 Å². The number of urea groups is 1. The highest BCUT2D eigenvalue weighted by molar-refractivity contribution is 6.03. The van der Waals surface area contributed by atoms with E-state index in [-0.39, 0.29) is 17.5 Å². The van der Waals surface area contributed by atoms with E-state index in [4.69, 9.17) is 0 Å². The lowest BCUT2D eigenvalue weighted by Gasteiger charge is -2.23. The highest BCUT2D eigenvalue weighted by Crippen LogP contribution is 2.32. The number of anilines is 2. The first-order valence-electron chi connectivity index (χ1n) is 8.15.